The summed E-state index contributed by atoms with van der Waals surface area (Å²) in [5, 5.41) is 12.7. The molecule has 1 aromatic carbocycles. The number of amides is 1. The van der Waals surface area contributed by atoms with Crippen molar-refractivity contribution in [2.75, 3.05) is 18.6 Å². The number of nitrogens with one attached hydrogen (secondary N) is 1. The fraction of sp³-hybridized carbons (Fsp3) is 0.294. The molecule has 2 N–H and O–H groups in total. The van der Waals surface area contributed by atoms with E-state index in [1.807, 2.05) is 41.3 Å². The smallest absolute Gasteiger partial charge is 0.244 e. The van der Waals surface area contributed by atoms with Crippen molar-refractivity contribution >= 4 is 23.7 Å². The quantitative estimate of drug-likeness (QED) is 0.763. The van der Waals surface area contributed by atoms with Crippen LogP contribution in [0.15, 0.2) is 49.1 Å². The lowest BCUT2D eigenvalue weighted by Gasteiger charge is -2.21. The summed E-state index contributed by atoms with van der Waals surface area (Å²) in [5.41, 5.74) is 1.05. The maximum atomic E-state index is 11.8. The first kappa shape index (κ1) is 17.3. The summed E-state index contributed by atoms with van der Waals surface area (Å²) in [6, 6.07) is 7.79. The molecule has 0 bridgehead atoms. The molecule has 0 spiro atoms. The Morgan fingerprint density at radius 3 is 2.78 bits per heavy atom. The first-order chi connectivity index (χ1) is 11.0. The SMILES string of the molecule is CSCC(C)(O)CNC(=O)C=Cc1ccc(-n2ccnc2)cc1. The van der Waals surface area contributed by atoms with Crippen LogP contribution in [-0.2, 0) is 4.79 Å². The van der Waals surface area contributed by atoms with Crippen molar-refractivity contribution in [3.8, 4) is 5.69 Å². The maximum Gasteiger partial charge on any atom is 0.244 e. The molecular formula is C17H21N3O2S. The van der Waals surface area contributed by atoms with Gasteiger partial charge in [-0.3, -0.25) is 4.79 Å². The van der Waals surface area contributed by atoms with E-state index in [1.54, 1.807) is 37.3 Å². The lowest BCUT2D eigenvalue weighted by atomic mass is 10.1. The van der Waals surface area contributed by atoms with Crippen LogP contribution in [0.25, 0.3) is 11.8 Å². The number of carbonyl (C=O) groups excluding carboxylic acids is 1. The molecule has 0 fully saturated rings. The summed E-state index contributed by atoms with van der Waals surface area (Å²) in [6.45, 7) is 1.94. The van der Waals surface area contributed by atoms with Crippen molar-refractivity contribution in [3.05, 3.63) is 54.6 Å². The second kappa shape index (κ2) is 7.99. The van der Waals surface area contributed by atoms with Gasteiger partial charge in [-0.25, -0.2) is 4.98 Å². The zero-order valence-electron chi connectivity index (χ0n) is 13.3. The second-order valence-electron chi connectivity index (χ2n) is 5.54. The monoisotopic (exact) mass is 331 g/mol. The molecule has 5 nitrogen and oxygen atoms in total. The summed E-state index contributed by atoms with van der Waals surface area (Å²) in [4.78, 5) is 15.8. The minimum Gasteiger partial charge on any atom is -0.387 e. The van der Waals surface area contributed by atoms with Crippen molar-refractivity contribution in [2.45, 2.75) is 12.5 Å². The fourth-order valence-corrected chi connectivity index (χ4v) is 2.76. The van der Waals surface area contributed by atoms with Gasteiger partial charge in [-0.15, -0.1) is 0 Å². The predicted molar refractivity (Wildman–Crippen MR) is 94.6 cm³/mol. The van der Waals surface area contributed by atoms with Gasteiger partial charge in [0.2, 0.25) is 5.91 Å². The number of imidazole rings is 1. The highest BCUT2D eigenvalue weighted by molar-refractivity contribution is 7.98. The molecule has 2 rings (SSSR count). The van der Waals surface area contributed by atoms with Crippen molar-refractivity contribution in [2.24, 2.45) is 0 Å². The predicted octanol–water partition coefficient (Wildman–Crippen LogP) is 2.12. The summed E-state index contributed by atoms with van der Waals surface area (Å²) in [7, 11) is 0. The number of aliphatic hydroxyl groups is 1. The minimum atomic E-state index is -0.893. The van der Waals surface area contributed by atoms with E-state index in [0.29, 0.717) is 5.75 Å². The molecule has 0 radical (unpaired) electrons. The van der Waals surface area contributed by atoms with E-state index >= 15 is 0 Å². The molecule has 0 saturated heterocycles. The molecule has 1 heterocycles. The summed E-state index contributed by atoms with van der Waals surface area (Å²) >= 11 is 1.54. The highest BCUT2D eigenvalue weighted by Crippen LogP contribution is 2.11. The van der Waals surface area contributed by atoms with Gasteiger partial charge in [0.05, 0.1) is 11.9 Å². The highest BCUT2D eigenvalue weighted by atomic mass is 32.2. The van der Waals surface area contributed by atoms with Gasteiger partial charge >= 0.3 is 0 Å². The molecule has 23 heavy (non-hydrogen) atoms. The number of thioether (sulfide) groups is 1. The first-order valence-corrected chi connectivity index (χ1v) is 8.65. The molecule has 6 heteroatoms. The van der Waals surface area contributed by atoms with Crippen LogP contribution in [0.2, 0.25) is 0 Å². The minimum absolute atomic E-state index is 0.218. The molecule has 1 unspecified atom stereocenters. The topological polar surface area (TPSA) is 67.2 Å². The molecule has 1 atom stereocenters. The largest absolute Gasteiger partial charge is 0.387 e. The van der Waals surface area contributed by atoms with E-state index in [0.717, 1.165) is 11.3 Å². The molecule has 0 aliphatic heterocycles. The van der Waals surface area contributed by atoms with Gasteiger partial charge in [0, 0.05) is 36.5 Å². The van der Waals surface area contributed by atoms with Crippen LogP contribution in [0.4, 0.5) is 0 Å². The van der Waals surface area contributed by atoms with E-state index in [4.69, 9.17) is 0 Å². The van der Waals surface area contributed by atoms with E-state index in [2.05, 4.69) is 10.3 Å². The number of hydrogen-bond acceptors (Lipinski definition) is 4. The summed E-state index contributed by atoms with van der Waals surface area (Å²) in [6.07, 6.45) is 10.5. The molecule has 1 aromatic heterocycles. The first-order valence-electron chi connectivity index (χ1n) is 7.26. The van der Waals surface area contributed by atoms with Crippen LogP contribution in [0.1, 0.15) is 12.5 Å². The molecule has 0 saturated carbocycles. The van der Waals surface area contributed by atoms with Crippen LogP contribution >= 0.6 is 11.8 Å². The van der Waals surface area contributed by atoms with Crippen molar-refractivity contribution in [3.63, 3.8) is 0 Å². The zero-order chi connectivity index (χ0) is 16.7. The molecule has 2 aromatic rings. The van der Waals surface area contributed by atoms with Gasteiger partial charge in [-0.05, 0) is 37.0 Å². The fourth-order valence-electron chi connectivity index (χ4n) is 2.04. The third-order valence-corrected chi connectivity index (χ3v) is 4.13. The van der Waals surface area contributed by atoms with E-state index in [1.165, 1.54) is 6.08 Å². The Balaban J connectivity index is 1.88. The van der Waals surface area contributed by atoms with Crippen molar-refractivity contribution in [1.29, 1.82) is 0 Å². The number of benzene rings is 1. The number of aromatic nitrogens is 2. The standard InChI is InChI=1S/C17H21N3O2S/c1-17(22,12-23-2)11-19-16(21)8-5-14-3-6-15(7-4-14)20-10-9-18-13-20/h3-10,13,22H,11-12H2,1-2H3,(H,19,21). The Kier molecular flexibility index (Phi) is 6.01. The Morgan fingerprint density at radius 1 is 1.43 bits per heavy atom. The van der Waals surface area contributed by atoms with E-state index < -0.39 is 5.60 Å². The van der Waals surface area contributed by atoms with Crippen LogP contribution in [-0.4, -0.2) is 44.7 Å². The van der Waals surface area contributed by atoms with Crippen molar-refractivity contribution in [1.82, 2.24) is 14.9 Å². The molecule has 0 aliphatic carbocycles. The Morgan fingerprint density at radius 2 is 2.17 bits per heavy atom. The maximum absolute atomic E-state index is 11.8. The van der Waals surface area contributed by atoms with E-state index in [9.17, 15) is 9.90 Å². The lowest BCUT2D eigenvalue weighted by Crippen LogP contribution is -2.41. The number of nitrogens with zero attached hydrogens (tertiary/aromatic N) is 2. The molecule has 0 aliphatic rings. The molecule has 1 amide bonds. The number of carbonyl (C=O) groups is 1. The average molecular weight is 331 g/mol. The van der Waals surface area contributed by atoms with Gasteiger partial charge in [-0.1, -0.05) is 12.1 Å². The average Bonchev–Trinajstić information content (AvgIpc) is 3.06. The van der Waals surface area contributed by atoms with Crippen LogP contribution < -0.4 is 5.32 Å². The Labute approximate surface area is 140 Å². The summed E-state index contributed by atoms with van der Waals surface area (Å²) in [5.74, 6) is 0.359. The second-order valence-corrected chi connectivity index (χ2v) is 6.41. The van der Waals surface area contributed by atoms with Crippen molar-refractivity contribution < 1.29 is 9.90 Å². The van der Waals surface area contributed by atoms with Gasteiger partial charge in [-0.2, -0.15) is 11.8 Å². The molecule has 122 valence electrons. The third-order valence-electron chi connectivity index (χ3n) is 3.22. The van der Waals surface area contributed by atoms with Gasteiger partial charge in [0.25, 0.3) is 0 Å². The van der Waals surface area contributed by atoms with Crippen LogP contribution in [0.3, 0.4) is 0 Å². The van der Waals surface area contributed by atoms with E-state index in [-0.39, 0.29) is 12.5 Å². The van der Waals surface area contributed by atoms with Crippen LogP contribution in [0, 0.1) is 0 Å². The zero-order valence-corrected chi connectivity index (χ0v) is 14.1. The number of hydrogen-bond donors (Lipinski definition) is 2. The molecular weight excluding hydrogens is 310 g/mol. The lowest BCUT2D eigenvalue weighted by molar-refractivity contribution is -0.117. The third kappa shape index (κ3) is 5.58. The Bertz CT molecular complexity index is 649. The highest BCUT2D eigenvalue weighted by Gasteiger charge is 2.19. The van der Waals surface area contributed by atoms with Gasteiger partial charge in [0.1, 0.15) is 0 Å². The van der Waals surface area contributed by atoms with Gasteiger partial charge < -0.3 is 15.0 Å². The number of rotatable bonds is 7. The summed E-state index contributed by atoms with van der Waals surface area (Å²) < 4.78 is 1.91. The normalized spacial score (nSPS) is 13.9. The van der Waals surface area contributed by atoms with Gasteiger partial charge in [0.15, 0.2) is 0 Å². The Hall–Kier alpha value is -2.05. The van der Waals surface area contributed by atoms with Crippen LogP contribution in [0.5, 0.6) is 0 Å².